The second kappa shape index (κ2) is 6.31. The lowest BCUT2D eigenvalue weighted by atomic mass is 9.79. The van der Waals surface area contributed by atoms with E-state index in [2.05, 4.69) is 32.0 Å². The molecular weight excluding hydrogens is 278 g/mol. The normalized spacial score (nSPS) is 30.7. The monoisotopic (exact) mass is 305 g/mol. The van der Waals surface area contributed by atoms with E-state index in [1.165, 1.54) is 34.6 Å². The van der Waals surface area contributed by atoms with Crippen LogP contribution in [0.25, 0.3) is 0 Å². The molecule has 0 aromatic heterocycles. The predicted octanol–water partition coefficient (Wildman–Crippen LogP) is 3.48. The molecule has 0 amide bonds. The molecule has 2 heterocycles. The van der Waals surface area contributed by atoms with Gasteiger partial charge in [0.25, 0.3) is 0 Å². The van der Waals surface area contributed by atoms with Crippen molar-refractivity contribution in [3.63, 3.8) is 0 Å². The summed E-state index contributed by atoms with van der Waals surface area (Å²) in [4.78, 5) is 0. The second-order valence-corrected chi connectivity index (χ2v) is 7.98. The van der Waals surface area contributed by atoms with Crippen molar-refractivity contribution in [1.82, 2.24) is 0 Å². The third-order valence-electron chi connectivity index (χ3n) is 5.25. The number of hydrogen-bond donors (Lipinski definition) is 1. The molecule has 2 aliphatic heterocycles. The van der Waals surface area contributed by atoms with Gasteiger partial charge >= 0.3 is 0 Å². The predicted molar refractivity (Wildman–Crippen MR) is 90.9 cm³/mol. The Morgan fingerprint density at radius 3 is 2.95 bits per heavy atom. The molecule has 0 radical (unpaired) electrons. The summed E-state index contributed by atoms with van der Waals surface area (Å²) in [5.41, 5.74) is 10.8. The summed E-state index contributed by atoms with van der Waals surface area (Å²) in [6, 6.07) is 7.02. The summed E-state index contributed by atoms with van der Waals surface area (Å²) in [7, 11) is 0. The maximum Gasteiger partial charge on any atom is 0.0783 e. The van der Waals surface area contributed by atoms with E-state index in [1.807, 2.05) is 11.8 Å². The number of benzene rings is 1. The Labute approximate surface area is 132 Å². The standard InChI is InChI=1S/C18H27NOS/c1-13-3-4-15(9-14(13)2)10-17(19)16-5-7-20-18(11-16)6-8-21-12-18/h3-4,9,16-17H,5-8,10-12,19H2,1-2H3. The van der Waals surface area contributed by atoms with Crippen molar-refractivity contribution in [2.24, 2.45) is 11.7 Å². The highest BCUT2D eigenvalue weighted by atomic mass is 32.2. The molecule has 2 N–H and O–H groups in total. The molecule has 21 heavy (non-hydrogen) atoms. The van der Waals surface area contributed by atoms with Crippen LogP contribution >= 0.6 is 11.8 Å². The van der Waals surface area contributed by atoms with Crippen molar-refractivity contribution >= 4 is 11.8 Å². The molecule has 3 rings (SSSR count). The van der Waals surface area contributed by atoms with Crippen molar-refractivity contribution in [3.05, 3.63) is 34.9 Å². The van der Waals surface area contributed by atoms with Crippen molar-refractivity contribution in [2.75, 3.05) is 18.1 Å². The van der Waals surface area contributed by atoms with Gasteiger partial charge in [0.1, 0.15) is 0 Å². The topological polar surface area (TPSA) is 35.2 Å². The van der Waals surface area contributed by atoms with Gasteiger partial charge in [-0.3, -0.25) is 0 Å². The van der Waals surface area contributed by atoms with Gasteiger partial charge in [-0.15, -0.1) is 0 Å². The number of ether oxygens (including phenoxy) is 1. The number of thioether (sulfide) groups is 1. The zero-order chi connectivity index (χ0) is 14.9. The Morgan fingerprint density at radius 2 is 2.24 bits per heavy atom. The van der Waals surface area contributed by atoms with E-state index < -0.39 is 0 Å². The van der Waals surface area contributed by atoms with Gasteiger partial charge in [-0.1, -0.05) is 18.2 Å². The van der Waals surface area contributed by atoms with Gasteiger partial charge in [0.15, 0.2) is 0 Å². The Bertz CT molecular complexity index is 496. The van der Waals surface area contributed by atoms with Crippen LogP contribution in [-0.4, -0.2) is 29.8 Å². The summed E-state index contributed by atoms with van der Waals surface area (Å²) < 4.78 is 6.12. The fraction of sp³-hybridized carbons (Fsp3) is 0.667. The number of nitrogens with two attached hydrogens (primary N) is 1. The smallest absolute Gasteiger partial charge is 0.0783 e. The molecule has 2 nitrogen and oxygen atoms in total. The summed E-state index contributed by atoms with van der Waals surface area (Å²) >= 11 is 2.03. The molecule has 0 bridgehead atoms. The SMILES string of the molecule is Cc1ccc(CC(N)C2CCOC3(CCSC3)C2)cc1C. The Balaban J connectivity index is 1.64. The van der Waals surface area contributed by atoms with E-state index in [0.29, 0.717) is 5.92 Å². The number of aryl methyl sites for hydroxylation is 2. The van der Waals surface area contributed by atoms with Crippen molar-refractivity contribution in [3.8, 4) is 0 Å². The molecule has 1 aromatic carbocycles. The molecule has 2 saturated heterocycles. The lowest BCUT2D eigenvalue weighted by molar-refractivity contribution is -0.0831. The molecule has 3 heteroatoms. The highest BCUT2D eigenvalue weighted by molar-refractivity contribution is 7.99. The summed E-state index contributed by atoms with van der Waals surface area (Å²) in [5, 5.41) is 0. The van der Waals surface area contributed by atoms with Crippen LogP contribution in [0.3, 0.4) is 0 Å². The second-order valence-electron chi connectivity index (χ2n) is 6.87. The first-order valence-electron chi connectivity index (χ1n) is 8.11. The maximum atomic E-state index is 6.56. The molecule has 116 valence electrons. The zero-order valence-electron chi connectivity index (χ0n) is 13.2. The largest absolute Gasteiger partial charge is 0.374 e. The van der Waals surface area contributed by atoms with Crippen LogP contribution in [-0.2, 0) is 11.2 Å². The lowest BCUT2D eigenvalue weighted by Crippen LogP contribution is -2.46. The van der Waals surface area contributed by atoms with Crippen LogP contribution in [0.15, 0.2) is 18.2 Å². The minimum absolute atomic E-state index is 0.147. The maximum absolute atomic E-state index is 6.56. The van der Waals surface area contributed by atoms with Crippen molar-refractivity contribution in [1.29, 1.82) is 0 Å². The third kappa shape index (κ3) is 3.46. The zero-order valence-corrected chi connectivity index (χ0v) is 14.0. The van der Waals surface area contributed by atoms with Crippen LogP contribution in [0.1, 0.15) is 36.0 Å². The quantitative estimate of drug-likeness (QED) is 0.928. The van der Waals surface area contributed by atoms with Crippen LogP contribution < -0.4 is 5.73 Å². The van der Waals surface area contributed by atoms with Crippen LogP contribution in [0.4, 0.5) is 0 Å². The summed E-state index contributed by atoms with van der Waals surface area (Å²) in [5.74, 6) is 3.03. The number of hydrogen-bond acceptors (Lipinski definition) is 3. The van der Waals surface area contributed by atoms with Gasteiger partial charge < -0.3 is 10.5 Å². The fourth-order valence-electron chi connectivity index (χ4n) is 3.66. The average molecular weight is 305 g/mol. The summed E-state index contributed by atoms with van der Waals surface area (Å²) in [6.07, 6.45) is 4.49. The van der Waals surface area contributed by atoms with Crippen LogP contribution in [0.5, 0.6) is 0 Å². The van der Waals surface area contributed by atoms with Gasteiger partial charge in [0.2, 0.25) is 0 Å². The minimum atomic E-state index is 0.147. The van der Waals surface area contributed by atoms with E-state index in [4.69, 9.17) is 10.5 Å². The average Bonchev–Trinajstić information content (AvgIpc) is 2.91. The van der Waals surface area contributed by atoms with Crippen LogP contribution in [0, 0.1) is 19.8 Å². The summed E-state index contributed by atoms with van der Waals surface area (Å²) in [6.45, 7) is 5.24. The molecule has 0 saturated carbocycles. The van der Waals surface area contributed by atoms with Gasteiger partial charge in [0, 0.05) is 18.4 Å². The van der Waals surface area contributed by atoms with Gasteiger partial charge in [-0.25, -0.2) is 0 Å². The molecule has 2 aliphatic rings. The fourth-order valence-corrected chi connectivity index (χ4v) is 5.04. The molecular formula is C18H27NOS. The molecule has 3 unspecified atom stereocenters. The first kappa shape index (κ1) is 15.4. The highest BCUT2D eigenvalue weighted by Crippen LogP contribution is 2.41. The first-order valence-corrected chi connectivity index (χ1v) is 9.27. The van der Waals surface area contributed by atoms with Gasteiger partial charge in [0.05, 0.1) is 5.60 Å². The van der Waals surface area contributed by atoms with Gasteiger partial charge in [-0.05, 0) is 67.9 Å². The highest BCUT2D eigenvalue weighted by Gasteiger charge is 2.41. The molecule has 1 aromatic rings. The number of rotatable bonds is 3. The third-order valence-corrected chi connectivity index (χ3v) is 6.47. The van der Waals surface area contributed by atoms with E-state index in [0.717, 1.165) is 25.9 Å². The van der Waals surface area contributed by atoms with E-state index in [1.54, 1.807) is 0 Å². The molecule has 1 spiro atoms. The Kier molecular flexibility index (Phi) is 4.63. The molecule has 3 atom stereocenters. The molecule has 0 aliphatic carbocycles. The van der Waals surface area contributed by atoms with Crippen LogP contribution in [0.2, 0.25) is 0 Å². The van der Waals surface area contributed by atoms with E-state index in [9.17, 15) is 0 Å². The lowest BCUT2D eigenvalue weighted by Gasteiger charge is -2.40. The van der Waals surface area contributed by atoms with Gasteiger partial charge in [-0.2, -0.15) is 11.8 Å². The first-order chi connectivity index (χ1) is 10.1. The Hall–Kier alpha value is -0.510. The van der Waals surface area contributed by atoms with Crippen molar-refractivity contribution in [2.45, 2.75) is 51.2 Å². The van der Waals surface area contributed by atoms with E-state index >= 15 is 0 Å². The Morgan fingerprint density at radius 1 is 1.38 bits per heavy atom. The van der Waals surface area contributed by atoms with E-state index in [-0.39, 0.29) is 11.6 Å². The van der Waals surface area contributed by atoms with Crippen molar-refractivity contribution < 1.29 is 4.74 Å². The minimum Gasteiger partial charge on any atom is -0.374 e. The molecule has 2 fully saturated rings.